The van der Waals surface area contributed by atoms with Gasteiger partial charge in [-0.25, -0.2) is 0 Å². The minimum atomic E-state index is 0.872. The third-order valence-electron chi connectivity index (χ3n) is 3.70. The summed E-state index contributed by atoms with van der Waals surface area (Å²) >= 11 is 0. The van der Waals surface area contributed by atoms with E-state index in [1.165, 1.54) is 13.0 Å². The van der Waals surface area contributed by atoms with Crippen LogP contribution < -0.4 is 5.32 Å². The molecule has 0 spiro atoms. The molecule has 64 valence electrons. The van der Waals surface area contributed by atoms with E-state index in [4.69, 9.17) is 0 Å². The minimum absolute atomic E-state index is 0.872. The van der Waals surface area contributed by atoms with Crippen LogP contribution in [0.5, 0.6) is 0 Å². The summed E-state index contributed by atoms with van der Waals surface area (Å²) in [6, 6.07) is 0.894. The lowest BCUT2D eigenvalue weighted by molar-refractivity contribution is 0.288. The first-order chi connectivity index (χ1) is 5.20. The molecule has 0 aromatic rings. The summed E-state index contributed by atoms with van der Waals surface area (Å²) in [5.74, 6) is 3.81. The summed E-state index contributed by atoms with van der Waals surface area (Å²) < 4.78 is 0. The molecule has 1 N–H and O–H groups in total. The van der Waals surface area contributed by atoms with Crippen LogP contribution >= 0.6 is 0 Å². The average Bonchev–Trinajstić information content (AvgIpc) is 2.62. The number of fused-ring (bicyclic) bond motifs is 1. The van der Waals surface area contributed by atoms with E-state index in [9.17, 15) is 0 Å². The van der Waals surface area contributed by atoms with Gasteiger partial charge in [-0.3, -0.25) is 0 Å². The van der Waals surface area contributed by atoms with Crippen molar-refractivity contribution in [1.82, 2.24) is 5.32 Å². The second kappa shape index (κ2) is 2.48. The molecule has 0 radical (unpaired) electrons. The van der Waals surface area contributed by atoms with Gasteiger partial charge < -0.3 is 5.32 Å². The molecule has 1 saturated heterocycles. The molecule has 4 unspecified atom stereocenters. The highest BCUT2D eigenvalue weighted by molar-refractivity contribution is 5.04. The Morgan fingerprint density at radius 1 is 1.36 bits per heavy atom. The van der Waals surface area contributed by atoms with Crippen LogP contribution in [-0.4, -0.2) is 12.6 Å². The van der Waals surface area contributed by atoms with Gasteiger partial charge in [-0.05, 0) is 36.6 Å². The van der Waals surface area contributed by atoms with Gasteiger partial charge in [0, 0.05) is 6.04 Å². The molecule has 0 aromatic heterocycles. The van der Waals surface area contributed by atoms with Gasteiger partial charge in [0.05, 0.1) is 0 Å². The lowest BCUT2D eigenvalue weighted by atomic mass is 9.88. The minimum Gasteiger partial charge on any atom is -0.313 e. The quantitative estimate of drug-likeness (QED) is 0.606. The molecule has 0 bridgehead atoms. The van der Waals surface area contributed by atoms with Crippen molar-refractivity contribution in [3.63, 3.8) is 0 Å². The first kappa shape index (κ1) is 7.60. The van der Waals surface area contributed by atoms with Crippen molar-refractivity contribution < 1.29 is 0 Å². The standard InChI is InChI=1S/C10H19N/c1-6(2)8-4-9-7(3)10(9)11-5-8/h6-11H,4-5H2,1-3H3. The molecule has 2 fully saturated rings. The molecule has 0 amide bonds. The molecule has 2 aliphatic rings. The van der Waals surface area contributed by atoms with E-state index in [1.807, 2.05) is 0 Å². The first-order valence-corrected chi connectivity index (χ1v) is 4.93. The Morgan fingerprint density at radius 2 is 2.09 bits per heavy atom. The normalized spacial score (nSPS) is 49.1. The van der Waals surface area contributed by atoms with E-state index in [0.717, 1.165) is 29.7 Å². The molecule has 1 aliphatic carbocycles. The zero-order chi connectivity index (χ0) is 8.01. The van der Waals surface area contributed by atoms with Gasteiger partial charge in [-0.2, -0.15) is 0 Å². The van der Waals surface area contributed by atoms with E-state index >= 15 is 0 Å². The molecule has 1 aliphatic heterocycles. The third kappa shape index (κ3) is 1.20. The Labute approximate surface area is 69.6 Å². The zero-order valence-electron chi connectivity index (χ0n) is 7.80. The highest BCUT2D eigenvalue weighted by Gasteiger charge is 2.49. The van der Waals surface area contributed by atoms with Crippen molar-refractivity contribution >= 4 is 0 Å². The first-order valence-electron chi connectivity index (χ1n) is 4.93. The number of rotatable bonds is 1. The van der Waals surface area contributed by atoms with Crippen LogP contribution in [-0.2, 0) is 0 Å². The summed E-state index contributed by atoms with van der Waals surface area (Å²) in [6.07, 6.45) is 1.48. The molecule has 1 heteroatoms. The summed E-state index contributed by atoms with van der Waals surface area (Å²) in [6.45, 7) is 8.34. The van der Waals surface area contributed by atoms with Gasteiger partial charge >= 0.3 is 0 Å². The summed E-state index contributed by atoms with van der Waals surface area (Å²) in [5, 5.41) is 3.64. The molecule has 4 atom stereocenters. The monoisotopic (exact) mass is 153 g/mol. The molecule has 2 rings (SSSR count). The second-order valence-electron chi connectivity index (χ2n) is 4.70. The van der Waals surface area contributed by atoms with Crippen LogP contribution in [0.3, 0.4) is 0 Å². The third-order valence-corrected chi connectivity index (χ3v) is 3.70. The molecule has 11 heavy (non-hydrogen) atoms. The van der Waals surface area contributed by atoms with Crippen molar-refractivity contribution in [3.8, 4) is 0 Å². The maximum absolute atomic E-state index is 3.64. The van der Waals surface area contributed by atoms with Crippen molar-refractivity contribution in [2.24, 2.45) is 23.7 Å². The van der Waals surface area contributed by atoms with Crippen LogP contribution in [0.25, 0.3) is 0 Å². The topological polar surface area (TPSA) is 12.0 Å². The van der Waals surface area contributed by atoms with Gasteiger partial charge in [-0.1, -0.05) is 20.8 Å². The fraction of sp³-hybridized carbons (Fsp3) is 1.00. The number of hydrogen-bond acceptors (Lipinski definition) is 1. The van der Waals surface area contributed by atoms with Crippen LogP contribution in [0, 0.1) is 23.7 Å². The predicted octanol–water partition coefficient (Wildman–Crippen LogP) is 1.89. The summed E-state index contributed by atoms with van der Waals surface area (Å²) in [7, 11) is 0. The number of piperidine rings is 1. The summed E-state index contributed by atoms with van der Waals surface area (Å²) in [5.41, 5.74) is 0. The lowest BCUT2D eigenvalue weighted by Crippen LogP contribution is -2.33. The van der Waals surface area contributed by atoms with Crippen LogP contribution in [0.15, 0.2) is 0 Å². The highest BCUT2D eigenvalue weighted by Crippen LogP contribution is 2.46. The Morgan fingerprint density at radius 3 is 2.64 bits per heavy atom. The molecular weight excluding hydrogens is 134 g/mol. The van der Waals surface area contributed by atoms with E-state index in [0.29, 0.717) is 0 Å². The smallest absolute Gasteiger partial charge is 0.0127 e. The van der Waals surface area contributed by atoms with E-state index in [1.54, 1.807) is 0 Å². The van der Waals surface area contributed by atoms with E-state index < -0.39 is 0 Å². The van der Waals surface area contributed by atoms with E-state index in [-0.39, 0.29) is 0 Å². The molecular formula is C10H19N. The Bertz CT molecular complexity index is 153. The maximum atomic E-state index is 3.64. The largest absolute Gasteiger partial charge is 0.313 e. The number of hydrogen-bond donors (Lipinski definition) is 1. The average molecular weight is 153 g/mol. The van der Waals surface area contributed by atoms with Crippen molar-refractivity contribution in [3.05, 3.63) is 0 Å². The summed E-state index contributed by atoms with van der Waals surface area (Å²) in [4.78, 5) is 0. The van der Waals surface area contributed by atoms with Crippen molar-refractivity contribution in [2.45, 2.75) is 33.2 Å². The Hall–Kier alpha value is -0.0400. The second-order valence-corrected chi connectivity index (χ2v) is 4.70. The molecule has 0 aromatic carbocycles. The molecule has 1 saturated carbocycles. The van der Waals surface area contributed by atoms with Gasteiger partial charge in [0.15, 0.2) is 0 Å². The molecule has 1 heterocycles. The zero-order valence-corrected chi connectivity index (χ0v) is 7.80. The van der Waals surface area contributed by atoms with Gasteiger partial charge in [-0.15, -0.1) is 0 Å². The predicted molar refractivity (Wildman–Crippen MR) is 47.4 cm³/mol. The fourth-order valence-corrected chi connectivity index (χ4v) is 2.47. The van der Waals surface area contributed by atoms with Gasteiger partial charge in [0.1, 0.15) is 0 Å². The van der Waals surface area contributed by atoms with E-state index in [2.05, 4.69) is 26.1 Å². The maximum Gasteiger partial charge on any atom is 0.0127 e. The Kier molecular flexibility index (Phi) is 1.71. The SMILES string of the molecule is CC(C)C1CNC2C(C)C2C1. The van der Waals surface area contributed by atoms with Crippen LogP contribution in [0.1, 0.15) is 27.2 Å². The van der Waals surface area contributed by atoms with Gasteiger partial charge in [0.25, 0.3) is 0 Å². The van der Waals surface area contributed by atoms with Crippen LogP contribution in [0.4, 0.5) is 0 Å². The fourth-order valence-electron chi connectivity index (χ4n) is 2.47. The van der Waals surface area contributed by atoms with Crippen LogP contribution in [0.2, 0.25) is 0 Å². The number of nitrogens with one attached hydrogen (secondary N) is 1. The Balaban J connectivity index is 1.90. The van der Waals surface area contributed by atoms with Crippen molar-refractivity contribution in [2.75, 3.05) is 6.54 Å². The van der Waals surface area contributed by atoms with Gasteiger partial charge in [0.2, 0.25) is 0 Å². The molecule has 1 nitrogen and oxygen atoms in total. The lowest BCUT2D eigenvalue weighted by Gasteiger charge is -2.25. The van der Waals surface area contributed by atoms with Crippen molar-refractivity contribution in [1.29, 1.82) is 0 Å². The highest BCUT2D eigenvalue weighted by atomic mass is 15.0.